The summed E-state index contributed by atoms with van der Waals surface area (Å²) in [6, 6.07) is 62.8. The highest BCUT2D eigenvalue weighted by Gasteiger charge is 2.37. The SMILES string of the molecule is CC1(C)c2ccccc2-c2c(-c3cc(-c4nc(-c5ccccc5)cc(-c5ccccc5)n4)cc4c3c3ccccc3n4-c3ccccc3)cccc21. The smallest absolute Gasteiger partial charge is 0.160 e. The summed E-state index contributed by atoms with van der Waals surface area (Å²) >= 11 is 0. The second-order valence-corrected chi connectivity index (χ2v) is 14.2. The van der Waals surface area contributed by atoms with E-state index in [9.17, 15) is 0 Å². The Balaban J connectivity index is 1.34. The van der Waals surface area contributed by atoms with Gasteiger partial charge < -0.3 is 4.57 Å². The number of benzene rings is 7. The summed E-state index contributed by atoms with van der Waals surface area (Å²) in [6.45, 7) is 4.70. The summed E-state index contributed by atoms with van der Waals surface area (Å²) in [5.74, 6) is 0.696. The van der Waals surface area contributed by atoms with Crippen LogP contribution in [0.25, 0.3) is 83.6 Å². The minimum absolute atomic E-state index is 0.117. The molecule has 0 saturated heterocycles. The molecule has 0 N–H and O–H groups in total. The third kappa shape index (κ3) is 4.66. The number of hydrogen-bond acceptors (Lipinski definition) is 2. The first-order valence-corrected chi connectivity index (χ1v) is 17.9. The highest BCUT2D eigenvalue weighted by atomic mass is 15.0. The molecule has 0 unspecified atom stereocenters. The zero-order valence-corrected chi connectivity index (χ0v) is 29.1. The Morgan fingerprint density at radius 3 is 1.73 bits per heavy atom. The molecule has 0 aliphatic heterocycles. The van der Waals surface area contributed by atoms with Crippen molar-refractivity contribution in [2.24, 2.45) is 0 Å². The second-order valence-electron chi connectivity index (χ2n) is 14.2. The van der Waals surface area contributed by atoms with Crippen molar-refractivity contribution in [1.29, 1.82) is 0 Å². The molecule has 10 rings (SSSR count). The first-order chi connectivity index (χ1) is 25.6. The average molecular weight is 666 g/mol. The Bertz CT molecular complexity index is 2740. The first kappa shape index (κ1) is 30.3. The molecule has 1 aliphatic carbocycles. The molecule has 3 nitrogen and oxygen atoms in total. The van der Waals surface area contributed by atoms with Crippen LogP contribution in [-0.4, -0.2) is 14.5 Å². The fourth-order valence-electron chi connectivity index (χ4n) is 8.36. The fraction of sp³-hybridized carbons (Fsp3) is 0.0612. The van der Waals surface area contributed by atoms with Gasteiger partial charge in [-0.2, -0.15) is 0 Å². The van der Waals surface area contributed by atoms with Gasteiger partial charge in [0.15, 0.2) is 5.82 Å². The van der Waals surface area contributed by atoms with Crippen molar-refractivity contribution in [2.75, 3.05) is 0 Å². The molecule has 0 saturated carbocycles. The molecule has 9 aromatic rings. The van der Waals surface area contributed by atoms with Gasteiger partial charge in [-0.25, -0.2) is 9.97 Å². The Hall–Kier alpha value is -6.58. The van der Waals surface area contributed by atoms with Crippen LogP contribution in [-0.2, 0) is 5.41 Å². The van der Waals surface area contributed by atoms with Crippen molar-refractivity contribution in [3.63, 3.8) is 0 Å². The number of hydrogen-bond donors (Lipinski definition) is 0. The zero-order chi connectivity index (χ0) is 34.8. The van der Waals surface area contributed by atoms with E-state index < -0.39 is 0 Å². The predicted octanol–water partition coefficient (Wildman–Crippen LogP) is 12.5. The summed E-state index contributed by atoms with van der Waals surface area (Å²) in [7, 11) is 0. The number of nitrogens with zero attached hydrogens (tertiary/aromatic N) is 3. The molecule has 2 heterocycles. The lowest BCUT2D eigenvalue weighted by Gasteiger charge is -2.21. The molecule has 1 aliphatic rings. The van der Waals surface area contributed by atoms with Crippen LogP contribution in [0.5, 0.6) is 0 Å². The minimum Gasteiger partial charge on any atom is -0.309 e. The van der Waals surface area contributed by atoms with Crippen LogP contribution in [0.3, 0.4) is 0 Å². The van der Waals surface area contributed by atoms with Gasteiger partial charge in [0.1, 0.15) is 0 Å². The maximum atomic E-state index is 5.31. The van der Waals surface area contributed by atoms with Crippen LogP contribution in [0.15, 0.2) is 176 Å². The van der Waals surface area contributed by atoms with Crippen LogP contribution in [0.2, 0.25) is 0 Å². The van der Waals surface area contributed by atoms with E-state index in [1.165, 1.54) is 49.7 Å². The van der Waals surface area contributed by atoms with E-state index in [1.807, 2.05) is 12.1 Å². The molecule has 0 amide bonds. The van der Waals surface area contributed by atoms with Gasteiger partial charge in [0.05, 0.1) is 22.4 Å². The summed E-state index contributed by atoms with van der Waals surface area (Å²) in [5.41, 5.74) is 15.9. The van der Waals surface area contributed by atoms with Gasteiger partial charge in [0.2, 0.25) is 0 Å². The Morgan fingerprint density at radius 2 is 1.02 bits per heavy atom. The summed E-state index contributed by atoms with van der Waals surface area (Å²) in [4.78, 5) is 10.6. The topological polar surface area (TPSA) is 30.7 Å². The van der Waals surface area contributed by atoms with Crippen molar-refractivity contribution in [3.8, 4) is 61.8 Å². The maximum absolute atomic E-state index is 5.31. The second kappa shape index (κ2) is 11.8. The van der Waals surface area contributed by atoms with Crippen LogP contribution in [0.1, 0.15) is 25.0 Å². The monoisotopic (exact) mass is 665 g/mol. The Morgan fingerprint density at radius 1 is 0.442 bits per heavy atom. The van der Waals surface area contributed by atoms with Gasteiger partial charge in [0.25, 0.3) is 0 Å². The van der Waals surface area contributed by atoms with Crippen LogP contribution in [0, 0.1) is 0 Å². The highest BCUT2D eigenvalue weighted by molar-refractivity contribution is 6.18. The van der Waals surface area contributed by atoms with Crippen molar-refractivity contribution in [3.05, 3.63) is 187 Å². The molecule has 3 heteroatoms. The number of rotatable bonds is 5. The van der Waals surface area contributed by atoms with Crippen LogP contribution in [0.4, 0.5) is 0 Å². The van der Waals surface area contributed by atoms with Crippen LogP contribution < -0.4 is 0 Å². The molecular formula is C49H35N3. The van der Waals surface area contributed by atoms with Crippen molar-refractivity contribution < 1.29 is 0 Å². The van der Waals surface area contributed by atoms with E-state index in [-0.39, 0.29) is 5.41 Å². The number of fused-ring (bicyclic) bond motifs is 6. The van der Waals surface area contributed by atoms with Gasteiger partial charge in [-0.15, -0.1) is 0 Å². The van der Waals surface area contributed by atoms with Gasteiger partial charge in [0, 0.05) is 38.6 Å². The lowest BCUT2D eigenvalue weighted by molar-refractivity contribution is 0.660. The summed E-state index contributed by atoms with van der Waals surface area (Å²) < 4.78 is 2.40. The predicted molar refractivity (Wildman–Crippen MR) is 216 cm³/mol. The summed E-state index contributed by atoms with van der Waals surface area (Å²) in [5, 5.41) is 2.44. The lowest BCUT2D eigenvalue weighted by Crippen LogP contribution is -2.14. The van der Waals surface area contributed by atoms with E-state index in [0.717, 1.165) is 39.3 Å². The van der Waals surface area contributed by atoms with Gasteiger partial charge in [-0.05, 0) is 69.8 Å². The van der Waals surface area contributed by atoms with Crippen molar-refractivity contribution in [1.82, 2.24) is 14.5 Å². The average Bonchev–Trinajstić information content (AvgIpc) is 3.67. The number of para-hydroxylation sites is 2. The van der Waals surface area contributed by atoms with E-state index in [4.69, 9.17) is 9.97 Å². The fourth-order valence-corrected chi connectivity index (χ4v) is 8.36. The van der Waals surface area contributed by atoms with E-state index in [2.05, 4.69) is 182 Å². The molecule has 7 aromatic carbocycles. The molecule has 246 valence electrons. The quantitative estimate of drug-likeness (QED) is 0.183. The van der Waals surface area contributed by atoms with E-state index >= 15 is 0 Å². The Labute approximate surface area is 303 Å². The molecule has 0 fully saturated rings. The van der Waals surface area contributed by atoms with Crippen molar-refractivity contribution >= 4 is 21.8 Å². The van der Waals surface area contributed by atoms with Gasteiger partial charge in [-0.1, -0.05) is 153 Å². The zero-order valence-electron chi connectivity index (χ0n) is 29.1. The van der Waals surface area contributed by atoms with E-state index in [0.29, 0.717) is 5.82 Å². The number of aromatic nitrogens is 3. The van der Waals surface area contributed by atoms with Crippen molar-refractivity contribution in [2.45, 2.75) is 19.3 Å². The lowest BCUT2D eigenvalue weighted by atomic mass is 9.82. The molecule has 52 heavy (non-hydrogen) atoms. The molecule has 2 aromatic heterocycles. The first-order valence-electron chi connectivity index (χ1n) is 17.9. The largest absolute Gasteiger partial charge is 0.309 e. The normalized spacial score (nSPS) is 13.0. The third-order valence-electron chi connectivity index (χ3n) is 10.8. The molecule has 0 bridgehead atoms. The van der Waals surface area contributed by atoms with Gasteiger partial charge in [-0.3, -0.25) is 0 Å². The minimum atomic E-state index is -0.117. The molecule has 0 radical (unpaired) electrons. The molecular weight excluding hydrogens is 631 g/mol. The maximum Gasteiger partial charge on any atom is 0.160 e. The summed E-state index contributed by atoms with van der Waals surface area (Å²) in [6.07, 6.45) is 0. The molecule has 0 spiro atoms. The molecule has 0 atom stereocenters. The standard InChI is InChI=1S/C49H35N3/c1-49(2)40-26-14-12-23-37(40)46-36(25-16-27-41(46)49)39-29-34(30-45-47(39)38-24-13-15-28-44(38)52(45)35-21-10-5-11-22-35)48-50-42(32-17-6-3-7-18-32)31-43(51-48)33-19-8-4-9-20-33/h3-31H,1-2H3. The third-order valence-corrected chi connectivity index (χ3v) is 10.8. The van der Waals surface area contributed by atoms with Crippen LogP contribution >= 0.6 is 0 Å². The highest BCUT2D eigenvalue weighted by Crippen LogP contribution is 2.53. The van der Waals surface area contributed by atoms with E-state index in [1.54, 1.807) is 0 Å². The Kier molecular flexibility index (Phi) is 6.84. The van der Waals surface area contributed by atoms with Gasteiger partial charge >= 0.3 is 0 Å².